The van der Waals surface area contributed by atoms with Gasteiger partial charge in [0.05, 0.1) is 22.9 Å². The molecular weight excluding hydrogens is 318 g/mol. The van der Waals surface area contributed by atoms with E-state index in [2.05, 4.69) is 52.2 Å². The Bertz CT molecular complexity index is 572. The lowest BCUT2D eigenvalue weighted by Gasteiger charge is -2.14. The summed E-state index contributed by atoms with van der Waals surface area (Å²) < 4.78 is 4.92. The van der Waals surface area contributed by atoms with Gasteiger partial charge < -0.3 is 5.32 Å². The van der Waals surface area contributed by atoms with E-state index in [0.29, 0.717) is 6.04 Å². The van der Waals surface area contributed by atoms with Crippen molar-refractivity contribution in [3.05, 3.63) is 33.8 Å². The Hall–Kier alpha value is -1.14. The molecular formula is C14H22BrN5. The second kappa shape index (κ2) is 6.54. The summed E-state index contributed by atoms with van der Waals surface area (Å²) in [5, 5.41) is 12.3. The van der Waals surface area contributed by atoms with Crippen LogP contribution in [0, 0.1) is 13.8 Å². The van der Waals surface area contributed by atoms with Crippen LogP contribution in [0.15, 0.2) is 16.9 Å². The molecule has 1 N–H and O–H groups in total. The van der Waals surface area contributed by atoms with Gasteiger partial charge in [-0.15, -0.1) is 0 Å². The second-order valence-electron chi connectivity index (χ2n) is 5.26. The molecule has 6 heteroatoms. The number of nitrogens with one attached hydrogen (secondary N) is 1. The molecule has 0 aliphatic heterocycles. The van der Waals surface area contributed by atoms with Crippen molar-refractivity contribution >= 4 is 15.9 Å². The average molecular weight is 340 g/mol. The van der Waals surface area contributed by atoms with Crippen LogP contribution in [0.5, 0.6) is 0 Å². The van der Waals surface area contributed by atoms with Gasteiger partial charge in [0.2, 0.25) is 0 Å². The van der Waals surface area contributed by atoms with Crippen LogP contribution in [0.4, 0.5) is 0 Å². The minimum Gasteiger partial charge on any atom is -0.312 e. The van der Waals surface area contributed by atoms with E-state index < -0.39 is 0 Å². The monoisotopic (exact) mass is 339 g/mol. The highest BCUT2D eigenvalue weighted by Gasteiger charge is 2.10. The zero-order chi connectivity index (χ0) is 14.7. The van der Waals surface area contributed by atoms with E-state index in [1.807, 2.05) is 28.8 Å². The number of hydrogen-bond donors (Lipinski definition) is 1. The minimum atomic E-state index is 0.388. The Morgan fingerprint density at radius 3 is 2.70 bits per heavy atom. The Morgan fingerprint density at radius 1 is 1.40 bits per heavy atom. The van der Waals surface area contributed by atoms with Crippen LogP contribution in [0.25, 0.3) is 0 Å². The van der Waals surface area contributed by atoms with E-state index in [-0.39, 0.29) is 0 Å². The van der Waals surface area contributed by atoms with Crippen LogP contribution in [-0.4, -0.2) is 32.1 Å². The average Bonchev–Trinajstić information content (AvgIpc) is 2.88. The molecule has 0 bridgehead atoms. The third kappa shape index (κ3) is 3.70. The van der Waals surface area contributed by atoms with Crippen molar-refractivity contribution in [2.75, 3.05) is 6.54 Å². The smallest absolute Gasteiger partial charge is 0.0632 e. The maximum atomic E-state index is 4.45. The van der Waals surface area contributed by atoms with Gasteiger partial charge in [0, 0.05) is 25.0 Å². The summed E-state index contributed by atoms with van der Waals surface area (Å²) in [5.41, 5.74) is 3.75. The maximum absolute atomic E-state index is 4.45. The van der Waals surface area contributed by atoms with Gasteiger partial charge in [-0.2, -0.15) is 10.2 Å². The molecule has 2 aromatic heterocycles. The van der Waals surface area contributed by atoms with E-state index in [1.165, 1.54) is 11.3 Å². The molecule has 0 amide bonds. The summed E-state index contributed by atoms with van der Waals surface area (Å²) in [7, 11) is 2.00. The number of aryl methyl sites for hydroxylation is 2. The summed E-state index contributed by atoms with van der Waals surface area (Å²) in [4.78, 5) is 0. The van der Waals surface area contributed by atoms with Crippen LogP contribution >= 0.6 is 15.9 Å². The molecule has 5 nitrogen and oxygen atoms in total. The number of aromatic nitrogens is 4. The quantitative estimate of drug-likeness (QED) is 0.877. The van der Waals surface area contributed by atoms with Crippen LogP contribution in [0.3, 0.4) is 0 Å². The Morgan fingerprint density at radius 2 is 2.15 bits per heavy atom. The third-order valence-electron chi connectivity index (χ3n) is 3.59. The first kappa shape index (κ1) is 15.3. The van der Waals surface area contributed by atoms with Crippen molar-refractivity contribution in [2.24, 2.45) is 7.05 Å². The molecule has 0 aromatic carbocycles. The largest absolute Gasteiger partial charge is 0.312 e. The van der Waals surface area contributed by atoms with E-state index >= 15 is 0 Å². The van der Waals surface area contributed by atoms with Crippen molar-refractivity contribution < 1.29 is 0 Å². The number of hydrogen-bond acceptors (Lipinski definition) is 3. The lowest BCUT2D eigenvalue weighted by Crippen LogP contribution is -2.32. The van der Waals surface area contributed by atoms with Crippen LogP contribution in [0.1, 0.15) is 23.9 Å². The molecule has 110 valence electrons. The van der Waals surface area contributed by atoms with Crippen LogP contribution in [-0.2, 0) is 20.0 Å². The van der Waals surface area contributed by atoms with Crippen LogP contribution in [0.2, 0.25) is 0 Å². The zero-order valence-corrected chi connectivity index (χ0v) is 14.1. The van der Waals surface area contributed by atoms with Gasteiger partial charge in [0.15, 0.2) is 0 Å². The maximum Gasteiger partial charge on any atom is 0.0632 e. The fourth-order valence-corrected chi connectivity index (χ4v) is 2.73. The molecule has 1 unspecified atom stereocenters. The van der Waals surface area contributed by atoms with Crippen molar-refractivity contribution in [1.29, 1.82) is 0 Å². The topological polar surface area (TPSA) is 47.7 Å². The van der Waals surface area contributed by atoms with Crippen LogP contribution < -0.4 is 5.32 Å². The van der Waals surface area contributed by atoms with Crippen molar-refractivity contribution in [1.82, 2.24) is 24.9 Å². The molecule has 0 saturated carbocycles. The first-order chi connectivity index (χ1) is 9.47. The van der Waals surface area contributed by atoms with Gasteiger partial charge >= 0.3 is 0 Å². The molecule has 2 rings (SSSR count). The normalized spacial score (nSPS) is 12.8. The lowest BCUT2D eigenvalue weighted by atomic mass is 10.1. The Balaban J connectivity index is 1.80. The van der Waals surface area contributed by atoms with Gasteiger partial charge in [-0.05, 0) is 55.2 Å². The molecule has 0 aliphatic carbocycles. The first-order valence-corrected chi connectivity index (χ1v) is 7.67. The van der Waals surface area contributed by atoms with Crippen molar-refractivity contribution in [2.45, 2.75) is 39.8 Å². The fraction of sp³-hybridized carbons (Fsp3) is 0.571. The minimum absolute atomic E-state index is 0.388. The highest BCUT2D eigenvalue weighted by Crippen LogP contribution is 2.12. The summed E-state index contributed by atoms with van der Waals surface area (Å²) >= 11 is 3.41. The Labute approximate surface area is 128 Å². The number of rotatable bonds is 6. The van der Waals surface area contributed by atoms with Crippen molar-refractivity contribution in [3.63, 3.8) is 0 Å². The number of halogens is 1. The van der Waals surface area contributed by atoms with E-state index in [1.54, 1.807) is 0 Å². The second-order valence-corrected chi connectivity index (χ2v) is 6.17. The SMILES string of the molecule is Cc1nn(C)c(C)c1CCNC(C)Cn1cc(Br)cn1. The van der Waals surface area contributed by atoms with Gasteiger partial charge in [0.1, 0.15) is 0 Å². The predicted molar refractivity (Wildman–Crippen MR) is 83.8 cm³/mol. The molecule has 0 aliphatic rings. The summed E-state index contributed by atoms with van der Waals surface area (Å²) in [6, 6.07) is 0.388. The predicted octanol–water partition coefficient (Wildman–Crippen LogP) is 2.22. The van der Waals surface area contributed by atoms with Gasteiger partial charge in [-0.25, -0.2) is 0 Å². The molecule has 1 atom stereocenters. The third-order valence-corrected chi connectivity index (χ3v) is 4.00. The first-order valence-electron chi connectivity index (χ1n) is 6.87. The standard InChI is InChI=1S/C14H22BrN5/c1-10(8-20-9-13(15)7-17-20)16-6-5-14-11(2)18-19(4)12(14)3/h7,9-10,16H,5-6,8H2,1-4H3. The summed E-state index contributed by atoms with van der Waals surface area (Å²) in [6.45, 7) is 8.21. The van der Waals surface area contributed by atoms with Crippen molar-refractivity contribution in [3.8, 4) is 0 Å². The highest BCUT2D eigenvalue weighted by molar-refractivity contribution is 9.10. The van der Waals surface area contributed by atoms with Gasteiger partial charge in [-0.3, -0.25) is 9.36 Å². The molecule has 2 aromatic rings. The Kier molecular flexibility index (Phi) is 4.99. The summed E-state index contributed by atoms with van der Waals surface area (Å²) in [6.07, 6.45) is 4.82. The van der Waals surface area contributed by atoms with E-state index in [9.17, 15) is 0 Å². The molecule has 0 saturated heterocycles. The highest BCUT2D eigenvalue weighted by atomic mass is 79.9. The summed E-state index contributed by atoms with van der Waals surface area (Å²) in [5.74, 6) is 0. The fourth-order valence-electron chi connectivity index (χ4n) is 2.41. The molecule has 20 heavy (non-hydrogen) atoms. The number of nitrogens with zero attached hydrogens (tertiary/aromatic N) is 4. The van der Waals surface area contributed by atoms with Gasteiger partial charge in [-0.1, -0.05) is 0 Å². The molecule has 2 heterocycles. The lowest BCUT2D eigenvalue weighted by molar-refractivity contribution is 0.454. The van der Waals surface area contributed by atoms with E-state index in [4.69, 9.17) is 0 Å². The van der Waals surface area contributed by atoms with E-state index in [0.717, 1.165) is 29.7 Å². The van der Waals surface area contributed by atoms with Gasteiger partial charge in [0.25, 0.3) is 0 Å². The molecule has 0 spiro atoms. The zero-order valence-electron chi connectivity index (χ0n) is 12.5. The molecule has 0 fully saturated rings. The molecule has 0 radical (unpaired) electrons.